The molecule has 1 rings (SSSR count). The number of hydrogen-bond acceptors (Lipinski definition) is 2. The third-order valence-electron chi connectivity index (χ3n) is 2.97. The van der Waals surface area contributed by atoms with E-state index in [9.17, 15) is 0 Å². The fourth-order valence-electron chi connectivity index (χ4n) is 2.05. The van der Waals surface area contributed by atoms with Gasteiger partial charge in [-0.05, 0) is 56.1 Å². The second kappa shape index (κ2) is 6.71. The number of rotatable bonds is 6. The van der Waals surface area contributed by atoms with Crippen LogP contribution < -0.4 is 5.32 Å². The molecule has 18 heavy (non-hydrogen) atoms. The van der Waals surface area contributed by atoms with Crippen molar-refractivity contribution in [1.82, 2.24) is 15.1 Å². The Labute approximate surface area is 119 Å². The summed E-state index contributed by atoms with van der Waals surface area (Å²) in [6.07, 6.45) is 4.16. The molecule has 0 spiro atoms. The molecule has 0 radical (unpaired) electrons. The highest BCUT2D eigenvalue weighted by Gasteiger charge is 2.16. The molecule has 1 heterocycles. The van der Waals surface area contributed by atoms with Crippen molar-refractivity contribution in [3.05, 3.63) is 16.4 Å². The third kappa shape index (κ3) is 4.73. The van der Waals surface area contributed by atoms with Crippen molar-refractivity contribution in [2.24, 2.45) is 0 Å². The van der Waals surface area contributed by atoms with E-state index in [0.29, 0.717) is 5.92 Å². The van der Waals surface area contributed by atoms with E-state index in [4.69, 9.17) is 0 Å². The molecular weight excluding hydrogens is 290 g/mol. The molecule has 1 aromatic rings. The minimum Gasteiger partial charge on any atom is -0.312 e. The molecule has 0 aliphatic rings. The zero-order valence-electron chi connectivity index (χ0n) is 12.3. The second-order valence-electron chi connectivity index (χ2n) is 5.97. The van der Waals surface area contributed by atoms with Gasteiger partial charge in [-0.1, -0.05) is 13.8 Å². The van der Waals surface area contributed by atoms with Crippen LogP contribution in [-0.2, 0) is 6.54 Å². The van der Waals surface area contributed by atoms with Gasteiger partial charge in [-0.25, -0.2) is 0 Å². The Morgan fingerprint density at radius 2 is 2.11 bits per heavy atom. The minimum absolute atomic E-state index is 0.195. The van der Waals surface area contributed by atoms with Crippen LogP contribution in [0, 0.1) is 0 Å². The smallest absolute Gasteiger partial charge is 0.0635 e. The van der Waals surface area contributed by atoms with Crippen molar-refractivity contribution in [2.75, 3.05) is 6.54 Å². The minimum atomic E-state index is 0.195. The predicted molar refractivity (Wildman–Crippen MR) is 81.0 cm³/mol. The molecule has 3 nitrogen and oxygen atoms in total. The van der Waals surface area contributed by atoms with Gasteiger partial charge in [0.15, 0.2) is 0 Å². The first kappa shape index (κ1) is 15.7. The number of halogens is 1. The van der Waals surface area contributed by atoms with Gasteiger partial charge >= 0.3 is 0 Å². The lowest BCUT2D eigenvalue weighted by Crippen LogP contribution is -2.36. The van der Waals surface area contributed by atoms with Crippen molar-refractivity contribution >= 4 is 15.9 Å². The maximum atomic E-state index is 4.43. The zero-order valence-corrected chi connectivity index (χ0v) is 13.8. The van der Waals surface area contributed by atoms with Crippen LogP contribution in [0.2, 0.25) is 0 Å². The standard InChI is InChI=1S/C14H26BrN3/c1-6-9-18-13(12(15)10-17-18)11(2)7-8-16-14(3,4)5/h10-11,16H,6-9H2,1-5H3. The molecule has 0 saturated heterocycles. The van der Waals surface area contributed by atoms with E-state index in [1.165, 1.54) is 5.69 Å². The Kier molecular flexibility index (Phi) is 5.86. The third-order valence-corrected chi connectivity index (χ3v) is 3.58. The van der Waals surface area contributed by atoms with Crippen molar-refractivity contribution in [1.29, 1.82) is 0 Å². The lowest BCUT2D eigenvalue weighted by molar-refractivity contribution is 0.408. The van der Waals surface area contributed by atoms with Crippen LogP contribution in [0.3, 0.4) is 0 Å². The van der Waals surface area contributed by atoms with Gasteiger partial charge < -0.3 is 5.32 Å². The van der Waals surface area contributed by atoms with Crippen LogP contribution >= 0.6 is 15.9 Å². The Morgan fingerprint density at radius 1 is 1.44 bits per heavy atom. The van der Waals surface area contributed by atoms with E-state index < -0.39 is 0 Å². The van der Waals surface area contributed by atoms with Gasteiger partial charge in [-0.3, -0.25) is 4.68 Å². The number of nitrogens with zero attached hydrogens (tertiary/aromatic N) is 2. The van der Waals surface area contributed by atoms with E-state index in [-0.39, 0.29) is 5.54 Å². The van der Waals surface area contributed by atoms with Crippen LogP contribution in [0.15, 0.2) is 10.7 Å². The van der Waals surface area contributed by atoms with E-state index in [2.05, 4.69) is 65.6 Å². The summed E-state index contributed by atoms with van der Waals surface area (Å²) in [5, 5.41) is 7.97. The summed E-state index contributed by atoms with van der Waals surface area (Å²) in [5.74, 6) is 0.517. The largest absolute Gasteiger partial charge is 0.312 e. The molecule has 0 aliphatic carbocycles. The summed E-state index contributed by atoms with van der Waals surface area (Å²) in [6.45, 7) is 13.1. The molecule has 4 heteroatoms. The fourth-order valence-corrected chi connectivity index (χ4v) is 2.74. The number of aromatic nitrogens is 2. The summed E-state index contributed by atoms with van der Waals surface area (Å²) in [5.41, 5.74) is 1.52. The van der Waals surface area contributed by atoms with Crippen LogP contribution in [0.5, 0.6) is 0 Å². The molecular formula is C14H26BrN3. The monoisotopic (exact) mass is 315 g/mol. The van der Waals surface area contributed by atoms with Crippen molar-refractivity contribution in [3.63, 3.8) is 0 Å². The average Bonchev–Trinajstić information content (AvgIpc) is 2.58. The first-order valence-electron chi connectivity index (χ1n) is 6.81. The van der Waals surface area contributed by atoms with E-state index >= 15 is 0 Å². The highest BCUT2D eigenvalue weighted by molar-refractivity contribution is 9.10. The summed E-state index contributed by atoms with van der Waals surface area (Å²) >= 11 is 3.62. The van der Waals surface area contributed by atoms with Crippen LogP contribution in [-0.4, -0.2) is 21.9 Å². The van der Waals surface area contributed by atoms with E-state index in [0.717, 1.165) is 30.4 Å². The highest BCUT2D eigenvalue weighted by atomic mass is 79.9. The molecule has 1 N–H and O–H groups in total. The number of nitrogens with one attached hydrogen (secondary N) is 1. The highest BCUT2D eigenvalue weighted by Crippen LogP contribution is 2.27. The summed E-state index contributed by atoms with van der Waals surface area (Å²) in [7, 11) is 0. The van der Waals surface area contributed by atoms with Crippen LogP contribution in [0.4, 0.5) is 0 Å². The fraction of sp³-hybridized carbons (Fsp3) is 0.786. The normalized spacial score (nSPS) is 13.9. The van der Waals surface area contributed by atoms with E-state index in [1.807, 2.05) is 6.20 Å². The Balaban J connectivity index is 2.60. The molecule has 104 valence electrons. The maximum absolute atomic E-state index is 4.43. The Morgan fingerprint density at radius 3 is 2.67 bits per heavy atom. The van der Waals surface area contributed by atoms with Crippen LogP contribution in [0.1, 0.15) is 59.1 Å². The summed E-state index contributed by atoms with van der Waals surface area (Å²) in [6, 6.07) is 0. The van der Waals surface area contributed by atoms with Crippen molar-refractivity contribution in [3.8, 4) is 0 Å². The van der Waals surface area contributed by atoms with Crippen LogP contribution in [0.25, 0.3) is 0 Å². The van der Waals surface area contributed by atoms with Gasteiger partial charge in [0.25, 0.3) is 0 Å². The van der Waals surface area contributed by atoms with Crippen molar-refractivity contribution < 1.29 is 0 Å². The average molecular weight is 316 g/mol. The van der Waals surface area contributed by atoms with Gasteiger partial charge in [-0.2, -0.15) is 5.10 Å². The number of aryl methyl sites for hydroxylation is 1. The van der Waals surface area contributed by atoms with Gasteiger partial charge in [-0.15, -0.1) is 0 Å². The Bertz CT molecular complexity index is 366. The molecule has 0 aliphatic heterocycles. The lowest BCUT2D eigenvalue weighted by atomic mass is 10.0. The molecule has 1 unspecified atom stereocenters. The number of hydrogen-bond donors (Lipinski definition) is 1. The van der Waals surface area contributed by atoms with Gasteiger partial charge in [0.2, 0.25) is 0 Å². The Hall–Kier alpha value is -0.350. The molecule has 0 bridgehead atoms. The summed E-state index contributed by atoms with van der Waals surface area (Å²) in [4.78, 5) is 0. The lowest BCUT2D eigenvalue weighted by Gasteiger charge is -2.22. The van der Waals surface area contributed by atoms with E-state index in [1.54, 1.807) is 0 Å². The predicted octanol–water partition coefficient (Wildman–Crippen LogP) is 3.94. The van der Waals surface area contributed by atoms with Gasteiger partial charge in [0.05, 0.1) is 16.4 Å². The molecule has 1 aromatic heterocycles. The first-order chi connectivity index (χ1) is 8.35. The SMILES string of the molecule is CCCn1ncc(Br)c1C(C)CCNC(C)(C)C. The zero-order chi connectivity index (χ0) is 13.8. The van der Waals surface area contributed by atoms with Gasteiger partial charge in [0, 0.05) is 18.0 Å². The molecule has 0 amide bonds. The van der Waals surface area contributed by atoms with Gasteiger partial charge in [0.1, 0.15) is 0 Å². The molecule has 0 fully saturated rings. The summed E-state index contributed by atoms with van der Waals surface area (Å²) < 4.78 is 3.27. The molecule has 1 atom stereocenters. The van der Waals surface area contributed by atoms with Crippen molar-refractivity contribution in [2.45, 2.75) is 65.5 Å². The maximum Gasteiger partial charge on any atom is 0.0635 e. The second-order valence-corrected chi connectivity index (χ2v) is 6.82. The first-order valence-corrected chi connectivity index (χ1v) is 7.60. The quantitative estimate of drug-likeness (QED) is 0.861. The molecule has 0 saturated carbocycles. The molecule has 0 aromatic carbocycles. The topological polar surface area (TPSA) is 29.9 Å².